The minimum absolute atomic E-state index is 0. The van der Waals surface area contributed by atoms with E-state index >= 15 is 0 Å². The minimum atomic E-state index is -0.118. The van der Waals surface area contributed by atoms with E-state index in [0.29, 0.717) is 17.9 Å². The zero-order valence-electron chi connectivity index (χ0n) is 14.6. The van der Waals surface area contributed by atoms with Crippen molar-refractivity contribution in [1.29, 1.82) is 0 Å². The molecule has 0 saturated heterocycles. The number of H-pyrrole nitrogens is 1. The Bertz CT molecular complexity index is 1020. The van der Waals surface area contributed by atoms with Crippen LogP contribution in [-0.4, -0.2) is 19.7 Å². The van der Waals surface area contributed by atoms with Crippen molar-refractivity contribution < 1.29 is 34.7 Å². The molecule has 0 atom stereocenters. The quantitative estimate of drug-likeness (QED) is 0.535. The van der Waals surface area contributed by atoms with E-state index in [1.165, 1.54) is 4.68 Å². The molecular weight excluding hydrogens is 323 g/mol. The van der Waals surface area contributed by atoms with Crippen LogP contribution in [0, 0.1) is 13.8 Å². The van der Waals surface area contributed by atoms with E-state index < -0.39 is 0 Å². The summed E-state index contributed by atoms with van der Waals surface area (Å²) in [6.07, 6.45) is 0.574. The second kappa shape index (κ2) is 7.04. The van der Waals surface area contributed by atoms with E-state index in [1.807, 2.05) is 62.4 Å². The van der Waals surface area contributed by atoms with Crippen molar-refractivity contribution in [3.05, 3.63) is 70.9 Å². The topological polar surface area (TPSA) is 69.6 Å². The second-order valence-electron chi connectivity index (χ2n) is 6.02. The van der Waals surface area contributed by atoms with Gasteiger partial charge in [-0.15, -0.1) is 0 Å². The van der Waals surface area contributed by atoms with Crippen LogP contribution in [0.4, 0.5) is 0 Å². The van der Waals surface area contributed by atoms with Crippen molar-refractivity contribution in [3.63, 3.8) is 0 Å². The minimum Gasteiger partial charge on any atom is -0.858 e. The summed E-state index contributed by atoms with van der Waals surface area (Å²) in [6, 6.07) is 15.9. The van der Waals surface area contributed by atoms with E-state index in [9.17, 15) is 5.11 Å². The number of aromatic amines is 1. The third-order valence-electron chi connectivity index (χ3n) is 4.19. The summed E-state index contributed by atoms with van der Waals surface area (Å²) < 4.78 is 1.36. The number of hydrogen-bond acceptors (Lipinski definition) is 3. The van der Waals surface area contributed by atoms with Gasteiger partial charge in [-0.2, -0.15) is 5.10 Å². The van der Waals surface area contributed by atoms with Crippen molar-refractivity contribution in [3.8, 4) is 11.8 Å². The van der Waals surface area contributed by atoms with Gasteiger partial charge in [0.15, 0.2) is 0 Å². The van der Waals surface area contributed by atoms with E-state index in [2.05, 4.69) is 15.1 Å². The van der Waals surface area contributed by atoms with Crippen LogP contribution in [-0.2, 0) is 6.42 Å². The summed E-state index contributed by atoms with van der Waals surface area (Å²) in [5.41, 5.74) is 5.41. The van der Waals surface area contributed by atoms with Crippen LogP contribution in [0.3, 0.4) is 0 Å². The molecule has 5 nitrogen and oxygen atoms in total. The molecule has 1 N–H and O–H groups in total. The third-order valence-corrected chi connectivity index (χ3v) is 4.19. The first-order chi connectivity index (χ1) is 11.6. The summed E-state index contributed by atoms with van der Waals surface area (Å²) in [5.74, 6) is 0.343. The van der Waals surface area contributed by atoms with Crippen molar-refractivity contribution in [1.82, 2.24) is 19.7 Å². The van der Waals surface area contributed by atoms with Gasteiger partial charge in [-0.3, -0.25) is 0 Å². The number of nitrogens with zero attached hydrogens (tertiary/aromatic N) is 3. The van der Waals surface area contributed by atoms with Crippen LogP contribution in [0.15, 0.2) is 48.5 Å². The van der Waals surface area contributed by atoms with E-state index in [1.54, 1.807) is 0 Å². The maximum Gasteiger partial charge on any atom is 1.00 e. The molecule has 0 aliphatic heterocycles. The largest absolute Gasteiger partial charge is 1.00 e. The molecule has 2 aromatic heterocycles. The molecule has 25 heavy (non-hydrogen) atoms. The molecular formula is C19H17N4NaO. The second-order valence-corrected chi connectivity index (χ2v) is 6.02. The molecule has 2 heterocycles. The first kappa shape index (κ1) is 17.7. The Kier molecular flexibility index (Phi) is 4.99. The number of benzene rings is 2. The monoisotopic (exact) mass is 340 g/mol. The molecule has 0 saturated carbocycles. The van der Waals surface area contributed by atoms with Crippen molar-refractivity contribution >= 4 is 11.0 Å². The van der Waals surface area contributed by atoms with Gasteiger partial charge in [0.2, 0.25) is 5.95 Å². The number of nitrogens with one attached hydrogen (secondary N) is 1. The molecule has 4 aromatic rings. The van der Waals surface area contributed by atoms with E-state index in [0.717, 1.165) is 27.9 Å². The van der Waals surface area contributed by atoms with Gasteiger partial charge >= 0.3 is 29.6 Å². The SMILES string of the molecule is Cc1ccc2nc(-n3nc(C)c(Cc4ccccc4)c3[O-])[nH]c2c1.[Na+]. The standard InChI is InChI=1S/C19H18N4O.Na/c1-12-8-9-16-17(10-12)21-19(20-16)23-18(24)15(13(2)22-23)11-14-6-4-3-5-7-14;/h3-10,24H,11H2,1-2H3,(H,20,21);/q;+1/p-1. The zero-order valence-corrected chi connectivity index (χ0v) is 16.6. The fourth-order valence-corrected chi connectivity index (χ4v) is 2.90. The molecule has 120 valence electrons. The third kappa shape index (κ3) is 3.35. The number of aromatic nitrogens is 4. The smallest absolute Gasteiger partial charge is 0.858 e. The summed E-state index contributed by atoms with van der Waals surface area (Å²) in [6.45, 7) is 3.89. The summed E-state index contributed by atoms with van der Waals surface area (Å²) in [5, 5.41) is 17.2. The molecule has 0 unspecified atom stereocenters. The molecule has 0 bridgehead atoms. The molecule has 0 spiro atoms. The number of fused-ring (bicyclic) bond motifs is 1. The Morgan fingerprint density at radius 3 is 2.60 bits per heavy atom. The van der Waals surface area contributed by atoms with Gasteiger partial charge in [-0.25, -0.2) is 9.67 Å². The Labute approximate surface area is 168 Å². The van der Waals surface area contributed by atoms with Gasteiger partial charge in [0.1, 0.15) is 0 Å². The Morgan fingerprint density at radius 1 is 1.08 bits per heavy atom. The summed E-state index contributed by atoms with van der Waals surface area (Å²) in [7, 11) is 0. The number of rotatable bonds is 3. The number of imidazole rings is 1. The maximum atomic E-state index is 12.8. The average molecular weight is 340 g/mol. The Hall–Kier alpha value is -2.08. The van der Waals surface area contributed by atoms with Crippen LogP contribution in [0.5, 0.6) is 5.88 Å². The van der Waals surface area contributed by atoms with Crippen LogP contribution in [0.25, 0.3) is 17.0 Å². The van der Waals surface area contributed by atoms with Gasteiger partial charge in [0, 0.05) is 6.42 Å². The van der Waals surface area contributed by atoms with Crippen LogP contribution in [0.1, 0.15) is 22.4 Å². The molecule has 0 fully saturated rings. The molecule has 2 aromatic carbocycles. The molecule has 6 heteroatoms. The maximum absolute atomic E-state index is 12.8. The predicted octanol–water partition coefficient (Wildman–Crippen LogP) is 0.0338. The zero-order chi connectivity index (χ0) is 16.7. The molecule has 4 rings (SSSR count). The van der Waals surface area contributed by atoms with Gasteiger partial charge in [-0.1, -0.05) is 36.4 Å². The predicted molar refractivity (Wildman–Crippen MR) is 91.4 cm³/mol. The Balaban J connectivity index is 0.00000182. The van der Waals surface area contributed by atoms with Crippen LogP contribution < -0.4 is 34.7 Å². The normalized spacial score (nSPS) is 10.8. The summed E-state index contributed by atoms with van der Waals surface area (Å²) >= 11 is 0. The van der Waals surface area contributed by atoms with Gasteiger partial charge < -0.3 is 10.1 Å². The van der Waals surface area contributed by atoms with Gasteiger partial charge in [-0.05, 0) is 48.6 Å². The summed E-state index contributed by atoms with van der Waals surface area (Å²) in [4.78, 5) is 7.68. The first-order valence-electron chi connectivity index (χ1n) is 7.88. The fourth-order valence-electron chi connectivity index (χ4n) is 2.90. The van der Waals surface area contributed by atoms with E-state index in [-0.39, 0.29) is 35.4 Å². The molecule has 0 aliphatic rings. The van der Waals surface area contributed by atoms with Crippen molar-refractivity contribution in [2.45, 2.75) is 20.3 Å². The molecule has 0 aliphatic carbocycles. The van der Waals surface area contributed by atoms with E-state index in [4.69, 9.17) is 0 Å². The Morgan fingerprint density at radius 2 is 1.84 bits per heavy atom. The van der Waals surface area contributed by atoms with Crippen LogP contribution in [0.2, 0.25) is 0 Å². The molecule has 0 amide bonds. The first-order valence-corrected chi connectivity index (χ1v) is 7.88. The number of aryl methyl sites for hydroxylation is 2. The van der Waals surface area contributed by atoms with Crippen LogP contribution >= 0.6 is 0 Å². The fraction of sp³-hybridized carbons (Fsp3) is 0.158. The van der Waals surface area contributed by atoms with Crippen molar-refractivity contribution in [2.24, 2.45) is 0 Å². The van der Waals surface area contributed by atoms with Gasteiger partial charge in [0.25, 0.3) is 0 Å². The van der Waals surface area contributed by atoms with Gasteiger partial charge in [0.05, 0.1) is 16.7 Å². The molecule has 0 radical (unpaired) electrons. The average Bonchev–Trinajstić information content (AvgIpc) is 3.11. The number of hydrogen-bond donors (Lipinski definition) is 1. The van der Waals surface area contributed by atoms with Crippen molar-refractivity contribution in [2.75, 3.05) is 0 Å².